The Morgan fingerprint density at radius 2 is 1.40 bits per heavy atom. The highest BCUT2D eigenvalue weighted by Crippen LogP contribution is 2.20. The van der Waals surface area contributed by atoms with Crippen LogP contribution in [0, 0.1) is 17.5 Å². The molecule has 0 amide bonds. The predicted octanol–water partition coefficient (Wildman–Crippen LogP) is 2.97. The van der Waals surface area contributed by atoms with Crippen molar-refractivity contribution in [3.8, 4) is 0 Å². The molecule has 0 spiro atoms. The summed E-state index contributed by atoms with van der Waals surface area (Å²) in [5, 5.41) is 0. The third-order valence-electron chi connectivity index (χ3n) is 2.31. The normalized spacial score (nSPS) is 12.5. The fraction of sp³-hybridized carbons (Fsp3) is 0.538. The molecule has 0 saturated carbocycles. The van der Waals surface area contributed by atoms with Crippen molar-refractivity contribution in [2.45, 2.75) is 45.9 Å². The van der Waals surface area contributed by atoms with Gasteiger partial charge in [-0.15, -0.1) is 0 Å². The van der Waals surface area contributed by atoms with E-state index in [1.807, 2.05) is 0 Å². The summed E-state index contributed by atoms with van der Waals surface area (Å²) in [5.41, 5.74) is 0.0943. The average molecular weight is 308 g/mol. The van der Waals surface area contributed by atoms with Gasteiger partial charge in [0.15, 0.2) is 17.5 Å². The summed E-state index contributed by atoms with van der Waals surface area (Å²) in [6, 6.07) is 1.49. The van der Waals surface area contributed by atoms with E-state index in [1.165, 1.54) is 0 Å². The second-order valence-electron chi connectivity index (χ2n) is 5.10. The highest BCUT2D eigenvalue weighted by molar-refractivity contribution is 6.58. The Labute approximate surface area is 117 Å². The van der Waals surface area contributed by atoms with Crippen molar-refractivity contribution < 1.29 is 26.8 Å². The minimum Gasteiger partial charge on any atom is -0.389 e. The van der Waals surface area contributed by atoms with E-state index in [4.69, 9.17) is 8.85 Å². The van der Waals surface area contributed by atoms with E-state index < -0.39 is 26.3 Å². The molecule has 1 aromatic carbocycles. The van der Waals surface area contributed by atoms with Gasteiger partial charge in [0.1, 0.15) is 0 Å². The molecule has 114 valence electrons. The van der Waals surface area contributed by atoms with E-state index in [2.05, 4.69) is 0 Å². The highest BCUT2D eigenvalue weighted by Gasteiger charge is 2.39. The van der Waals surface area contributed by atoms with Crippen molar-refractivity contribution in [2.75, 3.05) is 0 Å². The molecule has 0 aliphatic carbocycles. The molecule has 7 heteroatoms. The number of halogens is 3. The van der Waals surface area contributed by atoms with Crippen LogP contribution in [0.4, 0.5) is 13.2 Å². The lowest BCUT2D eigenvalue weighted by molar-refractivity contribution is 0.0469. The molecule has 0 radical (unpaired) electrons. The molecule has 0 aromatic heterocycles. The maximum absolute atomic E-state index is 13.2. The van der Waals surface area contributed by atoms with E-state index in [-0.39, 0.29) is 23.8 Å². The molecule has 0 fully saturated rings. The van der Waals surface area contributed by atoms with Gasteiger partial charge in [0.25, 0.3) is 0 Å². The van der Waals surface area contributed by atoms with Gasteiger partial charge in [-0.3, -0.25) is 0 Å². The van der Waals surface area contributed by atoms with E-state index in [1.54, 1.807) is 27.7 Å². The highest BCUT2D eigenvalue weighted by atomic mass is 28.4. The summed E-state index contributed by atoms with van der Waals surface area (Å²) in [7, 11) is -3.64. The van der Waals surface area contributed by atoms with Gasteiger partial charge < -0.3 is 13.6 Å². The van der Waals surface area contributed by atoms with Crippen LogP contribution in [-0.2, 0) is 14.9 Å². The van der Waals surface area contributed by atoms with Crippen LogP contribution in [0.2, 0.25) is 0 Å². The van der Waals surface area contributed by atoms with Crippen LogP contribution in [0.5, 0.6) is 0 Å². The smallest absolute Gasteiger partial charge is 0.389 e. The van der Waals surface area contributed by atoms with Gasteiger partial charge in [0.2, 0.25) is 0 Å². The Hall–Kier alpha value is -0.893. The zero-order chi connectivity index (χ0) is 15.5. The van der Waals surface area contributed by atoms with Crippen molar-refractivity contribution in [3.63, 3.8) is 0 Å². The summed E-state index contributed by atoms with van der Waals surface area (Å²) in [6.07, 6.45) is -0.610. The van der Waals surface area contributed by atoms with Crippen LogP contribution in [-0.4, -0.2) is 25.8 Å². The Bertz CT molecular complexity index is 433. The molecule has 0 aliphatic heterocycles. The maximum atomic E-state index is 13.2. The molecule has 1 N–H and O–H groups in total. The van der Waals surface area contributed by atoms with Crippen LogP contribution in [0.15, 0.2) is 12.1 Å². The molecule has 0 heterocycles. The number of rotatable bonds is 6. The van der Waals surface area contributed by atoms with Crippen molar-refractivity contribution in [1.29, 1.82) is 0 Å². The SMILES string of the molecule is CC(C)O[Si](O)(Cc1cc(F)c(F)c(F)c1)OC(C)C. The molecule has 0 atom stereocenters. The molecular formula is C13H19F3O3Si. The first kappa shape index (κ1) is 17.2. The predicted molar refractivity (Wildman–Crippen MR) is 70.4 cm³/mol. The lowest BCUT2D eigenvalue weighted by Gasteiger charge is -2.28. The second-order valence-corrected chi connectivity index (χ2v) is 7.35. The zero-order valence-corrected chi connectivity index (χ0v) is 12.9. The Kier molecular flexibility index (Phi) is 5.75. The van der Waals surface area contributed by atoms with Crippen molar-refractivity contribution in [1.82, 2.24) is 0 Å². The van der Waals surface area contributed by atoms with Gasteiger partial charge >= 0.3 is 8.80 Å². The van der Waals surface area contributed by atoms with Crippen LogP contribution < -0.4 is 0 Å². The van der Waals surface area contributed by atoms with Crippen LogP contribution in [0.3, 0.4) is 0 Å². The first-order valence-electron chi connectivity index (χ1n) is 6.34. The summed E-state index contributed by atoms with van der Waals surface area (Å²) < 4.78 is 50.0. The second kappa shape index (κ2) is 6.71. The molecule has 20 heavy (non-hydrogen) atoms. The lowest BCUT2D eigenvalue weighted by Crippen LogP contribution is -2.49. The molecule has 1 rings (SSSR count). The Morgan fingerprint density at radius 3 is 1.75 bits per heavy atom. The van der Waals surface area contributed by atoms with Gasteiger partial charge in [-0.1, -0.05) is 0 Å². The van der Waals surface area contributed by atoms with Crippen LogP contribution in [0.1, 0.15) is 33.3 Å². The van der Waals surface area contributed by atoms with Gasteiger partial charge in [-0.05, 0) is 45.4 Å². The summed E-state index contributed by atoms with van der Waals surface area (Å²) in [4.78, 5) is 10.4. The number of hydrogen-bond donors (Lipinski definition) is 1. The van der Waals surface area contributed by atoms with Gasteiger partial charge in [0, 0.05) is 18.3 Å². The van der Waals surface area contributed by atoms with Gasteiger partial charge in [-0.2, -0.15) is 0 Å². The van der Waals surface area contributed by atoms with E-state index in [9.17, 15) is 18.0 Å². The number of hydrogen-bond acceptors (Lipinski definition) is 3. The molecular weight excluding hydrogens is 289 g/mol. The standard InChI is InChI=1S/C13H19F3O3Si/c1-8(2)18-20(17,19-9(3)4)7-10-5-11(14)13(16)12(15)6-10/h5-6,8-9,17H,7H2,1-4H3. The first-order valence-corrected chi connectivity index (χ1v) is 8.31. The quantitative estimate of drug-likeness (QED) is 0.648. The lowest BCUT2D eigenvalue weighted by atomic mass is 10.2. The van der Waals surface area contributed by atoms with Gasteiger partial charge in [0.05, 0.1) is 0 Å². The van der Waals surface area contributed by atoms with Crippen molar-refractivity contribution >= 4 is 8.80 Å². The molecule has 0 saturated heterocycles. The summed E-state index contributed by atoms with van der Waals surface area (Å²) in [5.74, 6) is -4.13. The maximum Gasteiger partial charge on any atom is 0.503 e. The fourth-order valence-corrected chi connectivity index (χ4v) is 4.23. The largest absolute Gasteiger partial charge is 0.503 e. The third kappa shape index (κ3) is 4.90. The van der Waals surface area contributed by atoms with Crippen molar-refractivity contribution in [2.24, 2.45) is 0 Å². The fourth-order valence-electron chi connectivity index (χ4n) is 1.82. The molecule has 0 unspecified atom stereocenters. The third-order valence-corrected chi connectivity index (χ3v) is 4.85. The molecule has 0 bridgehead atoms. The molecule has 3 nitrogen and oxygen atoms in total. The van der Waals surface area contributed by atoms with Crippen LogP contribution >= 0.6 is 0 Å². The van der Waals surface area contributed by atoms with Crippen molar-refractivity contribution in [3.05, 3.63) is 35.1 Å². The van der Waals surface area contributed by atoms with E-state index in [0.29, 0.717) is 0 Å². The van der Waals surface area contributed by atoms with E-state index >= 15 is 0 Å². The summed E-state index contributed by atoms with van der Waals surface area (Å²) >= 11 is 0. The monoisotopic (exact) mass is 308 g/mol. The Balaban J connectivity index is 3.00. The summed E-state index contributed by atoms with van der Waals surface area (Å²) in [6.45, 7) is 6.86. The first-order chi connectivity index (χ1) is 9.13. The topological polar surface area (TPSA) is 38.7 Å². The Morgan fingerprint density at radius 1 is 1.00 bits per heavy atom. The molecule has 1 aromatic rings. The van der Waals surface area contributed by atoms with Crippen LogP contribution in [0.25, 0.3) is 0 Å². The zero-order valence-electron chi connectivity index (χ0n) is 11.9. The molecule has 0 aliphatic rings. The minimum absolute atomic E-state index is 0.0943. The van der Waals surface area contributed by atoms with Gasteiger partial charge in [-0.25, -0.2) is 13.2 Å². The minimum atomic E-state index is -3.64. The number of benzene rings is 1. The average Bonchev–Trinajstić information content (AvgIpc) is 2.22. The van der Waals surface area contributed by atoms with E-state index in [0.717, 1.165) is 12.1 Å².